The third-order valence-electron chi connectivity index (χ3n) is 4.91. The zero-order valence-corrected chi connectivity index (χ0v) is 15.7. The number of aromatic nitrogens is 4. The summed E-state index contributed by atoms with van der Waals surface area (Å²) < 4.78 is 9.10. The van der Waals surface area contributed by atoms with Gasteiger partial charge in [0, 0.05) is 26.3 Å². The van der Waals surface area contributed by atoms with Gasteiger partial charge in [-0.15, -0.1) is 0 Å². The summed E-state index contributed by atoms with van der Waals surface area (Å²) in [7, 11) is 1.78. The quantitative estimate of drug-likeness (QED) is 0.724. The predicted molar refractivity (Wildman–Crippen MR) is 101 cm³/mol. The molecule has 8 nitrogen and oxygen atoms in total. The summed E-state index contributed by atoms with van der Waals surface area (Å²) in [5.41, 5.74) is 2.15. The van der Waals surface area contributed by atoms with Crippen LogP contribution in [0, 0.1) is 0 Å². The SMILES string of the molecule is Cn1nccc1[C@H](O)c1cc2n(n1)CCCN(C(=O)COc1ccccc1)C2. The molecule has 3 heterocycles. The standard InChI is InChI=1S/C20H23N5O3/c1-23-18(8-9-21-23)20(27)17-12-15-13-24(10-5-11-25(15)22-17)19(26)14-28-16-6-3-2-4-7-16/h2-4,6-9,12,20,27H,5,10-11,13-14H2,1H3/t20-/m1/s1. The van der Waals surface area contributed by atoms with E-state index >= 15 is 0 Å². The monoisotopic (exact) mass is 381 g/mol. The van der Waals surface area contributed by atoms with Crippen LogP contribution in [0.25, 0.3) is 0 Å². The Kier molecular flexibility index (Phi) is 5.12. The topological polar surface area (TPSA) is 85.4 Å². The number of carbonyl (C=O) groups is 1. The number of para-hydroxylation sites is 1. The first-order chi connectivity index (χ1) is 13.6. The highest BCUT2D eigenvalue weighted by atomic mass is 16.5. The zero-order chi connectivity index (χ0) is 19.5. The van der Waals surface area contributed by atoms with E-state index in [4.69, 9.17) is 4.74 Å². The van der Waals surface area contributed by atoms with Crippen LogP contribution in [0.5, 0.6) is 5.75 Å². The normalized spacial score (nSPS) is 15.0. The van der Waals surface area contributed by atoms with Crippen LogP contribution >= 0.6 is 0 Å². The van der Waals surface area contributed by atoms with Crippen LogP contribution in [0.4, 0.5) is 0 Å². The molecule has 0 saturated carbocycles. The number of rotatable bonds is 5. The van der Waals surface area contributed by atoms with Crippen molar-refractivity contribution in [1.82, 2.24) is 24.5 Å². The van der Waals surface area contributed by atoms with Gasteiger partial charge in [-0.3, -0.25) is 14.2 Å². The van der Waals surface area contributed by atoms with Gasteiger partial charge in [0.2, 0.25) is 0 Å². The Balaban J connectivity index is 1.45. The van der Waals surface area contributed by atoms with Gasteiger partial charge in [-0.05, 0) is 30.7 Å². The fourth-order valence-corrected chi connectivity index (χ4v) is 3.39. The van der Waals surface area contributed by atoms with Gasteiger partial charge in [0.15, 0.2) is 6.61 Å². The summed E-state index contributed by atoms with van der Waals surface area (Å²) >= 11 is 0. The van der Waals surface area contributed by atoms with Crippen molar-refractivity contribution in [1.29, 1.82) is 0 Å². The number of aliphatic hydroxyl groups is 1. The molecule has 4 rings (SSSR count). The fraction of sp³-hybridized carbons (Fsp3) is 0.350. The smallest absolute Gasteiger partial charge is 0.260 e. The number of ether oxygens (including phenoxy) is 1. The number of fused-ring (bicyclic) bond motifs is 1. The van der Waals surface area contributed by atoms with Gasteiger partial charge in [-0.1, -0.05) is 18.2 Å². The molecule has 0 saturated heterocycles. The van der Waals surface area contributed by atoms with Crippen LogP contribution in [0.1, 0.15) is 29.6 Å². The molecule has 28 heavy (non-hydrogen) atoms. The summed E-state index contributed by atoms with van der Waals surface area (Å²) in [4.78, 5) is 14.4. The van der Waals surface area contributed by atoms with E-state index in [0.29, 0.717) is 36.8 Å². The summed E-state index contributed by atoms with van der Waals surface area (Å²) in [6.45, 7) is 1.81. The van der Waals surface area contributed by atoms with Gasteiger partial charge in [0.05, 0.1) is 23.6 Å². The van der Waals surface area contributed by atoms with Crippen molar-refractivity contribution in [2.24, 2.45) is 7.05 Å². The molecule has 1 amide bonds. The molecule has 146 valence electrons. The number of benzene rings is 1. The number of aliphatic hydroxyl groups excluding tert-OH is 1. The lowest BCUT2D eigenvalue weighted by Gasteiger charge is -2.20. The molecule has 1 aliphatic rings. The Hall–Kier alpha value is -3.13. The molecule has 1 N–H and O–H groups in total. The van der Waals surface area contributed by atoms with Gasteiger partial charge < -0.3 is 14.7 Å². The van der Waals surface area contributed by atoms with Crippen LogP contribution in [0.15, 0.2) is 48.7 Å². The summed E-state index contributed by atoms with van der Waals surface area (Å²) in [5.74, 6) is 0.615. The molecule has 3 aromatic rings. The lowest BCUT2D eigenvalue weighted by molar-refractivity contribution is -0.134. The number of aryl methyl sites for hydroxylation is 2. The van der Waals surface area contributed by atoms with Gasteiger partial charge in [0.25, 0.3) is 5.91 Å². The molecule has 0 radical (unpaired) electrons. The first-order valence-corrected chi connectivity index (χ1v) is 9.30. The molecular formula is C20H23N5O3. The molecule has 0 aliphatic carbocycles. The summed E-state index contributed by atoms with van der Waals surface area (Å²) in [6, 6.07) is 12.9. The van der Waals surface area contributed by atoms with E-state index in [-0.39, 0.29) is 12.5 Å². The average Bonchev–Trinajstić information content (AvgIpc) is 3.26. The molecule has 0 spiro atoms. The maximum absolute atomic E-state index is 12.6. The van der Waals surface area contributed by atoms with Crippen molar-refractivity contribution < 1.29 is 14.6 Å². The third kappa shape index (κ3) is 3.77. The minimum atomic E-state index is -0.850. The van der Waals surface area contributed by atoms with E-state index < -0.39 is 6.10 Å². The lowest BCUT2D eigenvalue weighted by Crippen LogP contribution is -2.34. The third-order valence-corrected chi connectivity index (χ3v) is 4.91. The molecular weight excluding hydrogens is 358 g/mol. The number of carbonyl (C=O) groups excluding carboxylic acids is 1. The Bertz CT molecular complexity index is 950. The van der Waals surface area contributed by atoms with Crippen LogP contribution in [0.2, 0.25) is 0 Å². The highest BCUT2D eigenvalue weighted by Crippen LogP contribution is 2.23. The van der Waals surface area contributed by atoms with Gasteiger partial charge >= 0.3 is 0 Å². The van der Waals surface area contributed by atoms with E-state index in [0.717, 1.165) is 12.1 Å². The maximum atomic E-state index is 12.6. The second-order valence-corrected chi connectivity index (χ2v) is 6.84. The Morgan fingerprint density at radius 1 is 1.25 bits per heavy atom. The average molecular weight is 381 g/mol. The minimum absolute atomic E-state index is 0.00263. The van der Waals surface area contributed by atoms with Crippen molar-refractivity contribution >= 4 is 5.91 Å². The number of amides is 1. The van der Waals surface area contributed by atoms with Crippen LogP contribution < -0.4 is 4.74 Å². The van der Waals surface area contributed by atoms with Crippen molar-refractivity contribution in [3.05, 3.63) is 65.7 Å². The fourth-order valence-electron chi connectivity index (χ4n) is 3.39. The molecule has 1 atom stereocenters. The second kappa shape index (κ2) is 7.85. The molecule has 0 bridgehead atoms. The zero-order valence-electron chi connectivity index (χ0n) is 15.7. The summed E-state index contributed by atoms with van der Waals surface area (Å²) in [6.07, 6.45) is 1.59. The van der Waals surface area contributed by atoms with Crippen molar-refractivity contribution in [3.63, 3.8) is 0 Å². The number of hydrogen-bond acceptors (Lipinski definition) is 5. The highest BCUT2D eigenvalue weighted by Gasteiger charge is 2.24. The Labute approximate surface area is 163 Å². The lowest BCUT2D eigenvalue weighted by atomic mass is 10.2. The van der Waals surface area contributed by atoms with Crippen LogP contribution in [0.3, 0.4) is 0 Å². The van der Waals surface area contributed by atoms with E-state index in [1.165, 1.54) is 0 Å². The molecule has 1 aliphatic heterocycles. The molecule has 1 aromatic carbocycles. The maximum Gasteiger partial charge on any atom is 0.260 e. The molecule has 0 fully saturated rings. The summed E-state index contributed by atoms with van der Waals surface area (Å²) in [5, 5.41) is 19.3. The van der Waals surface area contributed by atoms with Gasteiger partial charge in [0.1, 0.15) is 11.9 Å². The highest BCUT2D eigenvalue weighted by molar-refractivity contribution is 5.77. The van der Waals surface area contributed by atoms with E-state index in [2.05, 4.69) is 10.2 Å². The second-order valence-electron chi connectivity index (χ2n) is 6.84. The Morgan fingerprint density at radius 3 is 2.82 bits per heavy atom. The van der Waals surface area contributed by atoms with Crippen molar-refractivity contribution in [3.8, 4) is 5.75 Å². The largest absolute Gasteiger partial charge is 0.484 e. The van der Waals surface area contributed by atoms with Crippen molar-refractivity contribution in [2.45, 2.75) is 25.6 Å². The van der Waals surface area contributed by atoms with E-state index in [9.17, 15) is 9.90 Å². The van der Waals surface area contributed by atoms with Gasteiger partial charge in [-0.25, -0.2) is 0 Å². The predicted octanol–water partition coefficient (Wildman–Crippen LogP) is 1.51. The number of hydrogen-bond donors (Lipinski definition) is 1. The molecule has 2 aromatic heterocycles. The van der Waals surface area contributed by atoms with Crippen LogP contribution in [-0.2, 0) is 24.9 Å². The first kappa shape index (κ1) is 18.2. The van der Waals surface area contributed by atoms with E-state index in [1.54, 1.807) is 28.9 Å². The number of nitrogens with zero attached hydrogens (tertiary/aromatic N) is 5. The van der Waals surface area contributed by atoms with Crippen LogP contribution in [-0.4, -0.2) is 48.6 Å². The van der Waals surface area contributed by atoms with Gasteiger partial charge in [-0.2, -0.15) is 10.2 Å². The molecule has 0 unspecified atom stereocenters. The van der Waals surface area contributed by atoms with Crippen molar-refractivity contribution in [2.75, 3.05) is 13.2 Å². The minimum Gasteiger partial charge on any atom is -0.484 e. The van der Waals surface area contributed by atoms with E-state index in [1.807, 2.05) is 41.1 Å². The first-order valence-electron chi connectivity index (χ1n) is 9.30. The molecule has 8 heteroatoms. The Morgan fingerprint density at radius 2 is 2.07 bits per heavy atom.